The SMILES string of the molecule is CC(C(c1ccc2cc(C(O)C3(C(=O)O)CCCCC3)ccc2c1)n1ccnc1)N(C)C. The van der Waals surface area contributed by atoms with Gasteiger partial charge in [-0.3, -0.25) is 4.79 Å². The minimum absolute atomic E-state index is 0.111. The van der Waals surface area contributed by atoms with Gasteiger partial charge in [-0.2, -0.15) is 0 Å². The van der Waals surface area contributed by atoms with Crippen LogP contribution in [0.4, 0.5) is 0 Å². The van der Waals surface area contributed by atoms with E-state index in [0.29, 0.717) is 18.4 Å². The molecule has 4 rings (SSSR count). The lowest BCUT2D eigenvalue weighted by atomic mass is 9.68. The minimum Gasteiger partial charge on any atom is -0.481 e. The van der Waals surface area contributed by atoms with Crippen LogP contribution in [0.5, 0.6) is 0 Å². The van der Waals surface area contributed by atoms with Gasteiger partial charge in [0.1, 0.15) is 0 Å². The summed E-state index contributed by atoms with van der Waals surface area (Å²) in [5.41, 5.74) is 0.779. The summed E-state index contributed by atoms with van der Waals surface area (Å²) in [7, 11) is 4.15. The quantitative estimate of drug-likeness (QED) is 0.565. The average molecular weight is 436 g/mol. The first-order valence-electron chi connectivity index (χ1n) is 11.4. The van der Waals surface area contributed by atoms with Crippen molar-refractivity contribution in [3.63, 3.8) is 0 Å². The summed E-state index contributed by atoms with van der Waals surface area (Å²) < 4.78 is 2.13. The number of carbonyl (C=O) groups is 1. The Balaban J connectivity index is 1.70. The molecule has 0 aliphatic heterocycles. The number of carboxylic acids is 1. The topological polar surface area (TPSA) is 78.6 Å². The lowest BCUT2D eigenvalue weighted by Gasteiger charge is -2.37. The molecule has 1 aliphatic carbocycles. The standard InChI is InChI=1S/C26H33N3O3/c1-18(28(2)3)23(29-14-13-27-17-29)21-9-7-20-16-22(10-8-19(20)15-21)24(30)26(25(31)32)11-5-4-6-12-26/h7-10,13-18,23-24,30H,4-6,11-12H2,1-3H3,(H,31,32). The molecule has 1 aliphatic rings. The third-order valence-corrected chi connectivity index (χ3v) is 7.36. The van der Waals surface area contributed by atoms with Crippen molar-refractivity contribution in [2.24, 2.45) is 5.41 Å². The van der Waals surface area contributed by atoms with Gasteiger partial charge in [-0.1, -0.05) is 43.5 Å². The Bertz CT molecular complexity index is 1070. The van der Waals surface area contributed by atoms with E-state index in [1.165, 1.54) is 5.56 Å². The molecule has 3 aromatic rings. The monoisotopic (exact) mass is 435 g/mol. The van der Waals surface area contributed by atoms with Crippen molar-refractivity contribution in [1.29, 1.82) is 0 Å². The molecule has 3 unspecified atom stereocenters. The van der Waals surface area contributed by atoms with Crippen LogP contribution in [0.3, 0.4) is 0 Å². The zero-order chi connectivity index (χ0) is 22.9. The molecule has 1 heterocycles. The first kappa shape index (κ1) is 22.5. The third-order valence-electron chi connectivity index (χ3n) is 7.36. The molecule has 1 aromatic heterocycles. The maximum absolute atomic E-state index is 12.1. The second-order valence-corrected chi connectivity index (χ2v) is 9.45. The number of hydrogen-bond acceptors (Lipinski definition) is 4. The van der Waals surface area contributed by atoms with Crippen LogP contribution < -0.4 is 0 Å². The Kier molecular flexibility index (Phi) is 6.35. The molecule has 32 heavy (non-hydrogen) atoms. The van der Waals surface area contributed by atoms with Crippen molar-refractivity contribution >= 4 is 16.7 Å². The predicted molar refractivity (Wildman–Crippen MR) is 126 cm³/mol. The van der Waals surface area contributed by atoms with Gasteiger partial charge in [0.2, 0.25) is 0 Å². The van der Waals surface area contributed by atoms with E-state index < -0.39 is 17.5 Å². The minimum atomic E-state index is -1.08. The van der Waals surface area contributed by atoms with E-state index in [1.807, 2.05) is 30.7 Å². The Labute approximate surface area is 189 Å². The van der Waals surface area contributed by atoms with Crippen LogP contribution in [-0.4, -0.2) is 50.8 Å². The Hall–Kier alpha value is -2.70. The number of imidazole rings is 1. The largest absolute Gasteiger partial charge is 0.481 e. The number of likely N-dealkylation sites (N-methyl/N-ethyl adjacent to an activating group) is 1. The average Bonchev–Trinajstić information content (AvgIpc) is 3.33. The summed E-state index contributed by atoms with van der Waals surface area (Å²) >= 11 is 0. The van der Waals surface area contributed by atoms with Crippen LogP contribution >= 0.6 is 0 Å². The summed E-state index contributed by atoms with van der Waals surface area (Å²) in [6, 6.07) is 12.6. The number of aliphatic hydroxyl groups is 1. The van der Waals surface area contributed by atoms with Gasteiger partial charge >= 0.3 is 5.97 Å². The van der Waals surface area contributed by atoms with Crippen LogP contribution in [0.25, 0.3) is 10.8 Å². The molecule has 1 fully saturated rings. The number of benzene rings is 2. The van der Waals surface area contributed by atoms with Gasteiger partial charge in [0, 0.05) is 18.4 Å². The Morgan fingerprint density at radius 1 is 1.06 bits per heavy atom. The number of carboxylic acid groups (broad SMARTS) is 1. The highest BCUT2D eigenvalue weighted by atomic mass is 16.4. The number of rotatable bonds is 7. The van der Waals surface area contributed by atoms with Crippen molar-refractivity contribution in [1.82, 2.24) is 14.5 Å². The number of nitrogens with zero attached hydrogens (tertiary/aromatic N) is 3. The zero-order valence-corrected chi connectivity index (χ0v) is 19.1. The van der Waals surface area contributed by atoms with E-state index >= 15 is 0 Å². The van der Waals surface area contributed by atoms with Gasteiger partial charge in [0.15, 0.2) is 0 Å². The van der Waals surface area contributed by atoms with Crippen molar-refractivity contribution in [3.8, 4) is 0 Å². The highest BCUT2D eigenvalue weighted by Gasteiger charge is 2.46. The summed E-state index contributed by atoms with van der Waals surface area (Å²) in [6.45, 7) is 2.20. The van der Waals surface area contributed by atoms with Crippen molar-refractivity contribution in [3.05, 3.63) is 66.2 Å². The maximum atomic E-state index is 12.1. The van der Waals surface area contributed by atoms with Crippen LogP contribution in [0.2, 0.25) is 0 Å². The summed E-state index contributed by atoms with van der Waals surface area (Å²) in [5.74, 6) is -0.888. The van der Waals surface area contributed by atoms with Crippen LogP contribution in [0, 0.1) is 5.41 Å². The molecule has 0 radical (unpaired) electrons. The van der Waals surface area contributed by atoms with Crippen LogP contribution in [0.1, 0.15) is 62.3 Å². The molecule has 6 nitrogen and oxygen atoms in total. The number of hydrogen-bond donors (Lipinski definition) is 2. The molecular weight excluding hydrogens is 402 g/mol. The lowest BCUT2D eigenvalue weighted by Crippen LogP contribution is -2.39. The molecular formula is C26H33N3O3. The van der Waals surface area contributed by atoms with Crippen LogP contribution in [-0.2, 0) is 4.79 Å². The second-order valence-electron chi connectivity index (χ2n) is 9.45. The van der Waals surface area contributed by atoms with Crippen LogP contribution in [0.15, 0.2) is 55.1 Å². The molecule has 170 valence electrons. The fourth-order valence-corrected chi connectivity index (χ4v) is 5.16. The highest BCUT2D eigenvalue weighted by molar-refractivity contribution is 5.84. The van der Waals surface area contributed by atoms with Crippen molar-refractivity contribution < 1.29 is 15.0 Å². The Morgan fingerprint density at radius 2 is 1.69 bits per heavy atom. The molecule has 0 saturated heterocycles. The van der Waals surface area contributed by atoms with E-state index in [2.05, 4.69) is 53.7 Å². The molecule has 6 heteroatoms. The van der Waals surface area contributed by atoms with Gasteiger partial charge in [-0.25, -0.2) is 4.98 Å². The second kappa shape index (κ2) is 9.04. The maximum Gasteiger partial charge on any atom is 0.312 e. The molecule has 3 atom stereocenters. The highest BCUT2D eigenvalue weighted by Crippen LogP contribution is 2.46. The summed E-state index contributed by atoms with van der Waals surface area (Å²) in [6.07, 6.45) is 8.41. The normalized spacial score (nSPS) is 19.0. The first-order chi connectivity index (χ1) is 15.3. The predicted octanol–water partition coefficient (Wildman–Crippen LogP) is 4.64. The van der Waals surface area contributed by atoms with E-state index in [1.54, 1.807) is 6.20 Å². The van der Waals surface area contributed by atoms with Gasteiger partial charge < -0.3 is 19.7 Å². The van der Waals surface area contributed by atoms with Crippen molar-refractivity contribution in [2.45, 2.75) is 57.2 Å². The number of aliphatic carboxylic acids is 1. The zero-order valence-electron chi connectivity index (χ0n) is 19.1. The van der Waals surface area contributed by atoms with Crippen molar-refractivity contribution in [2.75, 3.05) is 14.1 Å². The van der Waals surface area contributed by atoms with Gasteiger partial charge in [0.25, 0.3) is 0 Å². The van der Waals surface area contributed by atoms with Gasteiger partial charge in [-0.05, 0) is 67.9 Å². The first-order valence-corrected chi connectivity index (χ1v) is 11.4. The molecule has 2 N–H and O–H groups in total. The smallest absolute Gasteiger partial charge is 0.312 e. The third kappa shape index (κ3) is 4.05. The number of fused-ring (bicyclic) bond motifs is 1. The molecule has 1 saturated carbocycles. The fraction of sp³-hybridized carbons (Fsp3) is 0.462. The molecule has 0 amide bonds. The van der Waals surface area contributed by atoms with E-state index in [0.717, 1.165) is 30.0 Å². The van der Waals surface area contributed by atoms with E-state index in [-0.39, 0.29) is 12.1 Å². The Morgan fingerprint density at radius 3 is 2.25 bits per heavy atom. The summed E-state index contributed by atoms with van der Waals surface area (Å²) in [5, 5.41) is 23.2. The van der Waals surface area contributed by atoms with E-state index in [4.69, 9.17) is 0 Å². The number of aromatic nitrogens is 2. The lowest BCUT2D eigenvalue weighted by molar-refractivity contribution is -0.160. The number of aliphatic hydroxyl groups excluding tert-OH is 1. The van der Waals surface area contributed by atoms with Gasteiger partial charge in [0.05, 0.1) is 23.9 Å². The molecule has 0 spiro atoms. The van der Waals surface area contributed by atoms with E-state index in [9.17, 15) is 15.0 Å². The molecule has 2 aromatic carbocycles. The fourth-order valence-electron chi connectivity index (χ4n) is 5.16. The molecule has 0 bridgehead atoms. The van der Waals surface area contributed by atoms with Gasteiger partial charge in [-0.15, -0.1) is 0 Å². The summed E-state index contributed by atoms with van der Waals surface area (Å²) in [4.78, 5) is 18.6.